The number of nitrogens with zero attached hydrogens (tertiary/aromatic N) is 4. The number of halogens is 1. The molecule has 1 aromatic heterocycles. The maximum atomic E-state index is 13.4. The summed E-state index contributed by atoms with van der Waals surface area (Å²) in [5, 5.41) is 13.7. The molecule has 0 saturated carbocycles. The van der Waals surface area contributed by atoms with Crippen LogP contribution in [0.1, 0.15) is 16.8 Å². The molecule has 0 radical (unpaired) electrons. The van der Waals surface area contributed by atoms with E-state index in [0.29, 0.717) is 30.8 Å². The standard InChI is InChI=1S/C17H16FN5O2/c18-15-7-1-2-8-16(15)25-10-4-9-19-17(24)13-5-3-6-14(11-13)23-12-20-21-22-23/h1-3,5-8,11-12H,4,9-10H2,(H,19,24). The Morgan fingerprint density at radius 1 is 1.20 bits per heavy atom. The molecule has 1 N–H and O–H groups in total. The lowest BCUT2D eigenvalue weighted by atomic mass is 10.2. The molecule has 1 amide bonds. The van der Waals surface area contributed by atoms with E-state index >= 15 is 0 Å². The van der Waals surface area contributed by atoms with E-state index in [1.807, 2.05) is 0 Å². The Morgan fingerprint density at radius 2 is 2.08 bits per heavy atom. The number of carbonyl (C=O) groups excluding carboxylic acids is 1. The van der Waals surface area contributed by atoms with Crippen LogP contribution in [0.15, 0.2) is 54.9 Å². The minimum atomic E-state index is -0.397. The first-order chi connectivity index (χ1) is 12.2. The van der Waals surface area contributed by atoms with Crippen molar-refractivity contribution in [1.82, 2.24) is 25.5 Å². The van der Waals surface area contributed by atoms with Gasteiger partial charge in [0.25, 0.3) is 5.91 Å². The zero-order valence-corrected chi connectivity index (χ0v) is 13.3. The normalized spacial score (nSPS) is 10.4. The second-order valence-electron chi connectivity index (χ2n) is 5.19. The topological polar surface area (TPSA) is 81.9 Å². The number of tetrazole rings is 1. The molecule has 0 fully saturated rings. The quantitative estimate of drug-likeness (QED) is 0.665. The van der Waals surface area contributed by atoms with Gasteiger partial charge in [-0.1, -0.05) is 18.2 Å². The molecule has 1 heterocycles. The third-order valence-electron chi connectivity index (χ3n) is 3.42. The van der Waals surface area contributed by atoms with Crippen molar-refractivity contribution in [2.24, 2.45) is 0 Å². The molecule has 7 nitrogen and oxygen atoms in total. The molecular weight excluding hydrogens is 325 g/mol. The van der Waals surface area contributed by atoms with Gasteiger partial charge in [0.2, 0.25) is 0 Å². The summed E-state index contributed by atoms with van der Waals surface area (Å²) in [6.07, 6.45) is 2.02. The van der Waals surface area contributed by atoms with Crippen molar-refractivity contribution in [3.8, 4) is 11.4 Å². The first kappa shape index (κ1) is 16.6. The van der Waals surface area contributed by atoms with E-state index in [4.69, 9.17) is 4.74 Å². The van der Waals surface area contributed by atoms with Crippen LogP contribution in [0.4, 0.5) is 4.39 Å². The predicted octanol–water partition coefficient (Wildman–Crippen LogP) is 2.00. The molecule has 0 aliphatic rings. The molecule has 128 valence electrons. The fourth-order valence-corrected chi connectivity index (χ4v) is 2.19. The van der Waals surface area contributed by atoms with Crippen molar-refractivity contribution in [1.29, 1.82) is 0 Å². The van der Waals surface area contributed by atoms with Gasteiger partial charge in [-0.3, -0.25) is 4.79 Å². The number of benzene rings is 2. The lowest BCUT2D eigenvalue weighted by Gasteiger charge is -2.08. The highest BCUT2D eigenvalue weighted by atomic mass is 19.1. The summed E-state index contributed by atoms with van der Waals surface area (Å²) in [6.45, 7) is 0.730. The van der Waals surface area contributed by atoms with E-state index in [2.05, 4.69) is 20.8 Å². The zero-order chi connectivity index (χ0) is 17.5. The van der Waals surface area contributed by atoms with Crippen LogP contribution in [0, 0.1) is 5.82 Å². The number of rotatable bonds is 7. The van der Waals surface area contributed by atoms with E-state index in [1.165, 1.54) is 17.1 Å². The molecule has 0 aliphatic heterocycles. The molecule has 2 aromatic carbocycles. The lowest BCUT2D eigenvalue weighted by molar-refractivity contribution is 0.0951. The summed E-state index contributed by atoms with van der Waals surface area (Å²) in [5.74, 6) is -0.394. The number of ether oxygens (including phenoxy) is 1. The van der Waals surface area contributed by atoms with Crippen molar-refractivity contribution in [3.05, 3.63) is 66.2 Å². The molecule has 0 atom stereocenters. The van der Waals surface area contributed by atoms with Gasteiger partial charge in [0, 0.05) is 12.1 Å². The highest BCUT2D eigenvalue weighted by molar-refractivity contribution is 5.94. The van der Waals surface area contributed by atoms with Gasteiger partial charge in [-0.15, -0.1) is 5.10 Å². The number of amides is 1. The molecule has 8 heteroatoms. The Labute approximate surface area is 143 Å². The van der Waals surface area contributed by atoms with Crippen molar-refractivity contribution in [2.75, 3.05) is 13.2 Å². The molecule has 0 aliphatic carbocycles. The van der Waals surface area contributed by atoms with Crippen LogP contribution in [0.3, 0.4) is 0 Å². The maximum Gasteiger partial charge on any atom is 0.251 e. The largest absolute Gasteiger partial charge is 0.490 e. The summed E-state index contributed by atoms with van der Waals surface area (Å²) in [4.78, 5) is 12.2. The molecular formula is C17H16FN5O2. The Bertz CT molecular complexity index is 839. The van der Waals surface area contributed by atoms with Gasteiger partial charge >= 0.3 is 0 Å². The van der Waals surface area contributed by atoms with E-state index < -0.39 is 5.82 Å². The second kappa shape index (κ2) is 8.00. The lowest BCUT2D eigenvalue weighted by Crippen LogP contribution is -2.25. The van der Waals surface area contributed by atoms with Gasteiger partial charge in [-0.25, -0.2) is 9.07 Å². The Balaban J connectivity index is 1.47. The number of aromatic nitrogens is 4. The first-order valence-electron chi connectivity index (χ1n) is 7.73. The second-order valence-corrected chi connectivity index (χ2v) is 5.19. The summed E-state index contributed by atoms with van der Waals surface area (Å²) in [7, 11) is 0. The van der Waals surface area contributed by atoms with E-state index in [9.17, 15) is 9.18 Å². The van der Waals surface area contributed by atoms with Crippen LogP contribution in [-0.2, 0) is 0 Å². The monoisotopic (exact) mass is 341 g/mol. The Kier molecular flexibility index (Phi) is 5.30. The van der Waals surface area contributed by atoms with Gasteiger partial charge in [0.1, 0.15) is 6.33 Å². The first-order valence-corrected chi connectivity index (χ1v) is 7.73. The van der Waals surface area contributed by atoms with Gasteiger partial charge in [0.15, 0.2) is 11.6 Å². The summed E-state index contributed by atoms with van der Waals surface area (Å²) in [5.41, 5.74) is 1.20. The molecule has 0 saturated heterocycles. The van der Waals surface area contributed by atoms with Crippen LogP contribution in [-0.4, -0.2) is 39.3 Å². The van der Waals surface area contributed by atoms with Gasteiger partial charge in [0.05, 0.1) is 12.3 Å². The molecule has 0 bridgehead atoms. The molecule has 3 aromatic rings. The SMILES string of the molecule is O=C(NCCCOc1ccccc1F)c1cccc(-n2cnnn2)c1. The van der Waals surface area contributed by atoms with Gasteiger partial charge in [-0.2, -0.15) is 0 Å². The van der Waals surface area contributed by atoms with Gasteiger partial charge < -0.3 is 10.1 Å². The number of carbonyl (C=O) groups is 1. The molecule has 0 spiro atoms. The fraction of sp³-hybridized carbons (Fsp3) is 0.176. The third kappa shape index (κ3) is 4.37. The average Bonchev–Trinajstić information content (AvgIpc) is 3.17. The molecule has 0 unspecified atom stereocenters. The van der Waals surface area contributed by atoms with Crippen molar-refractivity contribution in [3.63, 3.8) is 0 Å². The molecule has 25 heavy (non-hydrogen) atoms. The van der Waals surface area contributed by atoms with Crippen LogP contribution in [0.25, 0.3) is 5.69 Å². The Morgan fingerprint density at radius 3 is 2.88 bits per heavy atom. The summed E-state index contributed by atoms with van der Waals surface area (Å²) >= 11 is 0. The third-order valence-corrected chi connectivity index (χ3v) is 3.42. The average molecular weight is 341 g/mol. The smallest absolute Gasteiger partial charge is 0.251 e. The number of hydrogen-bond donors (Lipinski definition) is 1. The minimum absolute atomic E-state index is 0.208. The van der Waals surface area contributed by atoms with E-state index in [0.717, 1.165) is 0 Å². The van der Waals surface area contributed by atoms with Crippen molar-refractivity contribution in [2.45, 2.75) is 6.42 Å². The van der Waals surface area contributed by atoms with Crippen molar-refractivity contribution < 1.29 is 13.9 Å². The number of para-hydroxylation sites is 1. The Hall–Kier alpha value is -3.29. The number of nitrogens with one attached hydrogen (secondary N) is 1. The fourth-order valence-electron chi connectivity index (χ4n) is 2.19. The summed E-state index contributed by atoms with van der Waals surface area (Å²) in [6, 6.07) is 13.2. The van der Waals surface area contributed by atoms with Crippen LogP contribution >= 0.6 is 0 Å². The zero-order valence-electron chi connectivity index (χ0n) is 13.3. The van der Waals surface area contributed by atoms with Crippen molar-refractivity contribution >= 4 is 5.91 Å². The highest BCUT2D eigenvalue weighted by Gasteiger charge is 2.07. The van der Waals surface area contributed by atoms with Gasteiger partial charge in [-0.05, 0) is 47.2 Å². The maximum absolute atomic E-state index is 13.4. The molecule has 3 rings (SSSR count). The number of hydrogen-bond acceptors (Lipinski definition) is 5. The highest BCUT2D eigenvalue weighted by Crippen LogP contribution is 2.15. The van der Waals surface area contributed by atoms with Crippen LogP contribution in [0.5, 0.6) is 5.75 Å². The van der Waals surface area contributed by atoms with E-state index in [1.54, 1.807) is 42.5 Å². The minimum Gasteiger partial charge on any atom is -0.490 e. The summed E-state index contributed by atoms with van der Waals surface area (Å²) < 4.78 is 20.2. The predicted molar refractivity (Wildman–Crippen MR) is 88.0 cm³/mol. The van der Waals surface area contributed by atoms with Crippen LogP contribution < -0.4 is 10.1 Å². The van der Waals surface area contributed by atoms with E-state index in [-0.39, 0.29) is 11.7 Å². The van der Waals surface area contributed by atoms with Crippen LogP contribution in [0.2, 0.25) is 0 Å².